The lowest BCUT2D eigenvalue weighted by atomic mass is 10.2. The maximum absolute atomic E-state index is 5.43. The Morgan fingerprint density at radius 2 is 1.89 bits per heavy atom. The van der Waals surface area contributed by atoms with Gasteiger partial charge in [-0.1, -0.05) is 20.8 Å². The number of nitrogens with one attached hydrogen (secondary N) is 1. The predicted octanol–water partition coefficient (Wildman–Crippen LogP) is 1.61. The zero-order chi connectivity index (χ0) is 13.8. The first-order valence-electron chi connectivity index (χ1n) is 7.17. The molecule has 1 N–H and O–H groups in total. The highest BCUT2D eigenvalue weighted by Crippen LogP contribution is 2.00. The standard InChI is InChI=1S/C14H32N2O2/c1-6-16(8-9-18-7-2)14(12-17-5)11-15-10-13(3)4/h13-15H,6-12H2,1-5H3. The van der Waals surface area contributed by atoms with Crippen LogP contribution in [0.4, 0.5) is 0 Å². The fourth-order valence-corrected chi connectivity index (χ4v) is 1.95. The molecular weight excluding hydrogens is 228 g/mol. The average molecular weight is 260 g/mol. The quantitative estimate of drug-likeness (QED) is 0.541. The molecule has 0 saturated heterocycles. The van der Waals surface area contributed by atoms with Gasteiger partial charge in [0.1, 0.15) is 0 Å². The van der Waals surface area contributed by atoms with Crippen LogP contribution in [0.3, 0.4) is 0 Å². The number of ether oxygens (including phenoxy) is 2. The molecule has 0 radical (unpaired) electrons. The van der Waals surface area contributed by atoms with Gasteiger partial charge in [0.15, 0.2) is 0 Å². The Labute approximate surface area is 113 Å². The number of likely N-dealkylation sites (N-methyl/N-ethyl adjacent to an activating group) is 1. The van der Waals surface area contributed by atoms with Crippen molar-refractivity contribution in [2.75, 3.05) is 53.1 Å². The van der Waals surface area contributed by atoms with E-state index in [9.17, 15) is 0 Å². The van der Waals surface area contributed by atoms with E-state index in [1.54, 1.807) is 7.11 Å². The van der Waals surface area contributed by atoms with Gasteiger partial charge in [-0.2, -0.15) is 0 Å². The lowest BCUT2D eigenvalue weighted by Gasteiger charge is -2.30. The molecule has 4 heteroatoms. The summed E-state index contributed by atoms with van der Waals surface area (Å²) in [7, 11) is 1.77. The Kier molecular flexibility index (Phi) is 11.8. The summed E-state index contributed by atoms with van der Waals surface area (Å²) in [5.41, 5.74) is 0. The summed E-state index contributed by atoms with van der Waals surface area (Å²) in [5.74, 6) is 0.687. The number of methoxy groups -OCH3 is 1. The summed E-state index contributed by atoms with van der Waals surface area (Å²) in [4.78, 5) is 2.42. The van der Waals surface area contributed by atoms with E-state index in [2.05, 4.69) is 31.0 Å². The van der Waals surface area contributed by atoms with Gasteiger partial charge >= 0.3 is 0 Å². The molecule has 4 nitrogen and oxygen atoms in total. The van der Waals surface area contributed by atoms with Crippen molar-refractivity contribution in [1.29, 1.82) is 0 Å². The van der Waals surface area contributed by atoms with Gasteiger partial charge in [-0.3, -0.25) is 4.90 Å². The van der Waals surface area contributed by atoms with Gasteiger partial charge in [-0.25, -0.2) is 0 Å². The van der Waals surface area contributed by atoms with Crippen molar-refractivity contribution >= 4 is 0 Å². The van der Waals surface area contributed by atoms with Gasteiger partial charge in [-0.05, 0) is 25.9 Å². The molecule has 0 fully saturated rings. The number of hydrogen-bond donors (Lipinski definition) is 1. The number of hydrogen-bond acceptors (Lipinski definition) is 4. The van der Waals surface area contributed by atoms with Crippen molar-refractivity contribution < 1.29 is 9.47 Å². The van der Waals surface area contributed by atoms with E-state index in [4.69, 9.17) is 9.47 Å². The molecule has 0 aromatic rings. The Morgan fingerprint density at radius 3 is 2.39 bits per heavy atom. The van der Waals surface area contributed by atoms with E-state index in [0.717, 1.165) is 46.0 Å². The van der Waals surface area contributed by atoms with E-state index in [1.807, 2.05) is 6.92 Å². The van der Waals surface area contributed by atoms with Gasteiger partial charge in [0.25, 0.3) is 0 Å². The van der Waals surface area contributed by atoms with E-state index in [1.165, 1.54) is 0 Å². The first-order valence-corrected chi connectivity index (χ1v) is 7.17. The monoisotopic (exact) mass is 260 g/mol. The van der Waals surface area contributed by atoms with Crippen LogP contribution < -0.4 is 5.32 Å². The third-order valence-corrected chi connectivity index (χ3v) is 2.94. The van der Waals surface area contributed by atoms with Crippen LogP contribution in [0, 0.1) is 5.92 Å². The summed E-state index contributed by atoms with van der Waals surface area (Å²) in [6.07, 6.45) is 0. The highest BCUT2D eigenvalue weighted by Gasteiger charge is 2.16. The average Bonchev–Trinajstić information content (AvgIpc) is 2.33. The molecule has 0 aromatic carbocycles. The molecule has 0 aromatic heterocycles. The van der Waals surface area contributed by atoms with Crippen molar-refractivity contribution in [1.82, 2.24) is 10.2 Å². The Hall–Kier alpha value is -0.160. The number of rotatable bonds is 12. The molecule has 0 heterocycles. The van der Waals surface area contributed by atoms with Crippen LogP contribution >= 0.6 is 0 Å². The van der Waals surface area contributed by atoms with Crippen molar-refractivity contribution in [3.8, 4) is 0 Å². The normalized spacial score (nSPS) is 13.5. The molecule has 0 aliphatic rings. The van der Waals surface area contributed by atoms with Crippen LogP contribution in [0.2, 0.25) is 0 Å². The van der Waals surface area contributed by atoms with Crippen molar-refractivity contribution in [2.24, 2.45) is 5.92 Å². The minimum Gasteiger partial charge on any atom is -0.383 e. The molecule has 18 heavy (non-hydrogen) atoms. The maximum atomic E-state index is 5.43. The number of nitrogens with zero attached hydrogens (tertiary/aromatic N) is 1. The van der Waals surface area contributed by atoms with Gasteiger partial charge in [0, 0.05) is 32.8 Å². The molecule has 0 aliphatic carbocycles. The summed E-state index contributed by atoms with van der Waals surface area (Å²) < 4.78 is 10.8. The highest BCUT2D eigenvalue weighted by atomic mass is 16.5. The highest BCUT2D eigenvalue weighted by molar-refractivity contribution is 4.73. The molecule has 0 amide bonds. The molecule has 0 bridgehead atoms. The van der Waals surface area contributed by atoms with Crippen molar-refractivity contribution in [3.05, 3.63) is 0 Å². The van der Waals surface area contributed by atoms with E-state index >= 15 is 0 Å². The summed E-state index contributed by atoms with van der Waals surface area (Å²) in [6.45, 7) is 15.1. The first-order chi connectivity index (χ1) is 8.65. The largest absolute Gasteiger partial charge is 0.383 e. The van der Waals surface area contributed by atoms with Crippen LogP contribution in [0.15, 0.2) is 0 Å². The SMILES string of the molecule is CCOCCN(CC)C(CNCC(C)C)COC. The molecular formula is C14H32N2O2. The van der Waals surface area contributed by atoms with Crippen LogP contribution in [0.25, 0.3) is 0 Å². The third kappa shape index (κ3) is 8.86. The zero-order valence-electron chi connectivity index (χ0n) is 12.9. The summed E-state index contributed by atoms with van der Waals surface area (Å²) in [5, 5.41) is 3.51. The van der Waals surface area contributed by atoms with Crippen LogP contribution in [0.5, 0.6) is 0 Å². The second-order valence-corrected chi connectivity index (χ2v) is 4.99. The van der Waals surface area contributed by atoms with Crippen LogP contribution in [-0.2, 0) is 9.47 Å². The smallest absolute Gasteiger partial charge is 0.0630 e. The molecule has 0 aliphatic heterocycles. The predicted molar refractivity (Wildman–Crippen MR) is 77.1 cm³/mol. The lowest BCUT2D eigenvalue weighted by molar-refractivity contribution is 0.0600. The second-order valence-electron chi connectivity index (χ2n) is 4.99. The molecule has 110 valence electrons. The van der Waals surface area contributed by atoms with Gasteiger partial charge in [-0.15, -0.1) is 0 Å². The summed E-state index contributed by atoms with van der Waals surface area (Å²) >= 11 is 0. The van der Waals surface area contributed by atoms with Crippen LogP contribution in [-0.4, -0.2) is 64.1 Å². The third-order valence-electron chi connectivity index (χ3n) is 2.94. The zero-order valence-corrected chi connectivity index (χ0v) is 12.9. The van der Waals surface area contributed by atoms with Gasteiger partial charge in [0.05, 0.1) is 13.2 Å². The van der Waals surface area contributed by atoms with Gasteiger partial charge in [0.2, 0.25) is 0 Å². The fraction of sp³-hybridized carbons (Fsp3) is 1.00. The maximum Gasteiger partial charge on any atom is 0.0630 e. The lowest BCUT2D eigenvalue weighted by Crippen LogP contribution is -2.47. The van der Waals surface area contributed by atoms with Crippen molar-refractivity contribution in [2.45, 2.75) is 33.7 Å². The van der Waals surface area contributed by atoms with E-state index < -0.39 is 0 Å². The van der Waals surface area contributed by atoms with E-state index in [0.29, 0.717) is 12.0 Å². The topological polar surface area (TPSA) is 33.7 Å². The Balaban J connectivity index is 4.06. The molecule has 1 unspecified atom stereocenters. The molecule has 0 rings (SSSR count). The van der Waals surface area contributed by atoms with Crippen LogP contribution in [0.1, 0.15) is 27.7 Å². The summed E-state index contributed by atoms with van der Waals surface area (Å²) in [6, 6.07) is 0.430. The first kappa shape index (κ1) is 17.8. The molecule has 0 saturated carbocycles. The Morgan fingerprint density at radius 1 is 1.17 bits per heavy atom. The molecule has 0 spiro atoms. The minimum atomic E-state index is 0.430. The Bertz CT molecular complexity index is 177. The molecule has 1 atom stereocenters. The van der Waals surface area contributed by atoms with Crippen molar-refractivity contribution in [3.63, 3.8) is 0 Å². The van der Waals surface area contributed by atoms with E-state index in [-0.39, 0.29) is 0 Å². The fourth-order valence-electron chi connectivity index (χ4n) is 1.95. The second kappa shape index (κ2) is 11.9. The van der Waals surface area contributed by atoms with Gasteiger partial charge < -0.3 is 14.8 Å². The minimum absolute atomic E-state index is 0.430.